The molecule has 0 saturated heterocycles. The molecule has 0 saturated carbocycles. The third-order valence-corrected chi connectivity index (χ3v) is 9.62. The standard InChI is InChI=1S/C45H25N5/c1-48-32-20-24-44-39(26-32)36-12-4-7-16-42(36)50(44)41-15-6-2-10-34(41)37-13-8-9-31(28-47)45(37)30-18-21-33(22-19-30)49-40-14-5-3-11-35(40)38-25-29(27-46)17-23-43(38)49/h2-26H. The Morgan fingerprint density at radius 1 is 0.500 bits per heavy atom. The van der Waals surface area contributed by atoms with Gasteiger partial charge in [-0.25, -0.2) is 4.85 Å². The summed E-state index contributed by atoms with van der Waals surface area (Å²) in [6.07, 6.45) is 0. The van der Waals surface area contributed by atoms with Crippen LogP contribution in [-0.2, 0) is 0 Å². The summed E-state index contributed by atoms with van der Waals surface area (Å²) in [5, 5.41) is 24.2. The first-order chi connectivity index (χ1) is 24.7. The number of hydrogen-bond donors (Lipinski definition) is 0. The molecule has 0 fully saturated rings. The van der Waals surface area contributed by atoms with Crippen molar-refractivity contribution in [3.63, 3.8) is 0 Å². The van der Waals surface area contributed by atoms with Crippen LogP contribution in [-0.4, -0.2) is 9.13 Å². The minimum atomic E-state index is 0.592. The first kappa shape index (κ1) is 28.8. The zero-order chi connectivity index (χ0) is 33.8. The van der Waals surface area contributed by atoms with Crippen LogP contribution in [0, 0.1) is 29.2 Å². The van der Waals surface area contributed by atoms with Gasteiger partial charge in [-0.1, -0.05) is 84.9 Å². The Kier molecular flexibility index (Phi) is 6.56. The van der Waals surface area contributed by atoms with E-state index in [0.29, 0.717) is 16.8 Å². The lowest BCUT2D eigenvalue weighted by atomic mass is 9.90. The fraction of sp³-hybridized carbons (Fsp3) is 0. The van der Waals surface area contributed by atoms with Crippen LogP contribution in [0.1, 0.15) is 11.1 Å². The summed E-state index contributed by atoms with van der Waals surface area (Å²) in [5.74, 6) is 0. The molecule has 230 valence electrons. The fourth-order valence-electron chi connectivity index (χ4n) is 7.47. The summed E-state index contributed by atoms with van der Waals surface area (Å²) in [4.78, 5) is 3.70. The lowest BCUT2D eigenvalue weighted by Gasteiger charge is -2.18. The van der Waals surface area contributed by atoms with Gasteiger partial charge in [0.05, 0.1) is 57.6 Å². The van der Waals surface area contributed by atoms with E-state index in [4.69, 9.17) is 6.57 Å². The molecule has 0 spiro atoms. The largest absolute Gasteiger partial charge is 0.309 e. The van der Waals surface area contributed by atoms with E-state index >= 15 is 0 Å². The zero-order valence-electron chi connectivity index (χ0n) is 26.7. The molecule has 2 heterocycles. The topological polar surface area (TPSA) is 61.8 Å². The Bertz CT molecular complexity index is 2960. The molecule has 50 heavy (non-hydrogen) atoms. The molecule has 9 rings (SSSR count). The molecule has 5 nitrogen and oxygen atoms in total. The molecule has 0 N–H and O–H groups in total. The molecule has 5 heteroatoms. The van der Waals surface area contributed by atoms with Crippen LogP contribution in [0.15, 0.2) is 152 Å². The number of fused-ring (bicyclic) bond motifs is 6. The van der Waals surface area contributed by atoms with Gasteiger partial charge in [-0.3, -0.25) is 0 Å². The van der Waals surface area contributed by atoms with Crippen molar-refractivity contribution in [3.05, 3.63) is 174 Å². The first-order valence-electron chi connectivity index (χ1n) is 16.3. The predicted octanol–water partition coefficient (Wildman–Crippen LogP) is 11.5. The van der Waals surface area contributed by atoms with Gasteiger partial charge in [-0.05, 0) is 83.2 Å². The van der Waals surface area contributed by atoms with Gasteiger partial charge in [-0.2, -0.15) is 10.5 Å². The SMILES string of the molecule is [C-]#[N+]c1ccc2c(c1)c1ccccc1n2-c1ccccc1-c1cccc(C#N)c1-c1ccc(-n2c3ccccc3c3cc(C#N)ccc32)cc1. The Labute approximate surface area is 288 Å². The second kappa shape index (κ2) is 11.4. The fourth-order valence-corrected chi connectivity index (χ4v) is 7.47. The summed E-state index contributed by atoms with van der Waals surface area (Å²) in [6, 6.07) is 55.6. The van der Waals surface area contributed by atoms with E-state index < -0.39 is 0 Å². The average Bonchev–Trinajstić information content (AvgIpc) is 3.69. The monoisotopic (exact) mass is 635 g/mol. The van der Waals surface area contributed by atoms with Gasteiger partial charge >= 0.3 is 0 Å². The molecular weight excluding hydrogens is 611 g/mol. The van der Waals surface area contributed by atoms with Gasteiger partial charge in [0.15, 0.2) is 5.69 Å². The number of nitriles is 2. The molecule has 0 bridgehead atoms. The van der Waals surface area contributed by atoms with E-state index in [1.807, 2.05) is 84.9 Å². The average molecular weight is 636 g/mol. The van der Waals surface area contributed by atoms with E-state index in [1.165, 1.54) is 0 Å². The van der Waals surface area contributed by atoms with Crippen molar-refractivity contribution in [2.75, 3.05) is 0 Å². The predicted molar refractivity (Wildman–Crippen MR) is 202 cm³/mol. The number of benzene rings is 7. The lowest BCUT2D eigenvalue weighted by Crippen LogP contribution is -1.99. The molecule has 0 aliphatic rings. The quantitative estimate of drug-likeness (QED) is 0.181. The van der Waals surface area contributed by atoms with Gasteiger partial charge < -0.3 is 9.13 Å². The second-order valence-electron chi connectivity index (χ2n) is 12.3. The zero-order valence-corrected chi connectivity index (χ0v) is 26.7. The number of rotatable bonds is 4. The first-order valence-corrected chi connectivity index (χ1v) is 16.3. The minimum absolute atomic E-state index is 0.592. The van der Waals surface area contributed by atoms with E-state index in [2.05, 4.69) is 92.8 Å². The Hall–Kier alpha value is -7.39. The van der Waals surface area contributed by atoms with Crippen molar-refractivity contribution in [1.29, 1.82) is 10.5 Å². The molecule has 0 aliphatic carbocycles. The van der Waals surface area contributed by atoms with Crippen LogP contribution in [0.4, 0.5) is 5.69 Å². The number of hydrogen-bond acceptors (Lipinski definition) is 2. The van der Waals surface area contributed by atoms with Crippen molar-refractivity contribution in [2.24, 2.45) is 0 Å². The Balaban J connectivity index is 1.24. The van der Waals surface area contributed by atoms with E-state index in [-0.39, 0.29) is 0 Å². The van der Waals surface area contributed by atoms with Gasteiger partial charge in [-0.15, -0.1) is 0 Å². The Morgan fingerprint density at radius 2 is 1.12 bits per heavy atom. The Morgan fingerprint density at radius 3 is 1.86 bits per heavy atom. The molecule has 0 aliphatic heterocycles. The molecule has 9 aromatic rings. The van der Waals surface area contributed by atoms with E-state index in [1.54, 1.807) is 0 Å². The van der Waals surface area contributed by atoms with Crippen LogP contribution in [0.5, 0.6) is 0 Å². The third kappa shape index (κ3) is 4.31. The van der Waals surface area contributed by atoms with E-state index in [9.17, 15) is 10.5 Å². The van der Waals surface area contributed by atoms with Gasteiger partial charge in [0.25, 0.3) is 0 Å². The number of aromatic nitrogens is 2. The lowest BCUT2D eigenvalue weighted by molar-refractivity contribution is 1.18. The normalized spacial score (nSPS) is 11.1. The highest BCUT2D eigenvalue weighted by atomic mass is 15.0. The van der Waals surface area contributed by atoms with Gasteiger partial charge in [0, 0.05) is 33.0 Å². The summed E-state index contributed by atoms with van der Waals surface area (Å²) in [7, 11) is 0. The molecule has 7 aromatic carbocycles. The van der Waals surface area contributed by atoms with Crippen LogP contribution >= 0.6 is 0 Å². The maximum absolute atomic E-state index is 10.4. The second-order valence-corrected chi connectivity index (χ2v) is 12.3. The van der Waals surface area contributed by atoms with Crippen LogP contribution in [0.25, 0.3) is 82.1 Å². The summed E-state index contributed by atoms with van der Waals surface area (Å²) in [5.41, 5.74) is 11.7. The molecule has 0 unspecified atom stereocenters. The molecule has 0 atom stereocenters. The maximum Gasteiger partial charge on any atom is 0.188 e. The minimum Gasteiger partial charge on any atom is -0.309 e. The van der Waals surface area contributed by atoms with Gasteiger partial charge in [0.2, 0.25) is 0 Å². The van der Waals surface area contributed by atoms with Gasteiger partial charge in [0.1, 0.15) is 0 Å². The van der Waals surface area contributed by atoms with Crippen molar-refractivity contribution in [1.82, 2.24) is 9.13 Å². The summed E-state index contributed by atoms with van der Waals surface area (Å²) >= 11 is 0. The number of nitrogens with zero attached hydrogens (tertiary/aromatic N) is 5. The molecule has 0 radical (unpaired) electrons. The molecule has 0 amide bonds. The van der Waals surface area contributed by atoms with Crippen LogP contribution in [0.2, 0.25) is 0 Å². The summed E-state index contributed by atoms with van der Waals surface area (Å²) < 4.78 is 4.49. The van der Waals surface area contributed by atoms with Crippen molar-refractivity contribution < 1.29 is 0 Å². The highest BCUT2D eigenvalue weighted by Crippen LogP contribution is 2.42. The van der Waals surface area contributed by atoms with Crippen molar-refractivity contribution in [3.8, 4) is 45.8 Å². The van der Waals surface area contributed by atoms with Crippen molar-refractivity contribution >= 4 is 49.3 Å². The third-order valence-electron chi connectivity index (χ3n) is 9.62. The highest BCUT2D eigenvalue weighted by molar-refractivity contribution is 6.11. The smallest absolute Gasteiger partial charge is 0.188 e. The molecule has 2 aromatic heterocycles. The molecular formula is C45H25N5. The summed E-state index contributed by atoms with van der Waals surface area (Å²) in [6.45, 7) is 7.61. The van der Waals surface area contributed by atoms with Crippen molar-refractivity contribution in [2.45, 2.75) is 0 Å². The number of para-hydroxylation sites is 3. The maximum atomic E-state index is 10.4. The van der Waals surface area contributed by atoms with E-state index in [0.717, 1.165) is 77.2 Å². The van der Waals surface area contributed by atoms with Crippen LogP contribution in [0.3, 0.4) is 0 Å². The van der Waals surface area contributed by atoms with Crippen LogP contribution < -0.4 is 0 Å². The highest BCUT2D eigenvalue weighted by Gasteiger charge is 2.20.